The highest BCUT2D eigenvalue weighted by Gasteiger charge is 2.12. The molecular formula is C15H19N7. The lowest BCUT2D eigenvalue weighted by molar-refractivity contribution is 0.918. The molecule has 0 atom stereocenters. The van der Waals surface area contributed by atoms with E-state index in [-0.39, 0.29) is 0 Å². The summed E-state index contributed by atoms with van der Waals surface area (Å²) >= 11 is 0. The first-order valence-electron chi connectivity index (χ1n) is 6.99. The third-order valence-corrected chi connectivity index (χ3v) is 3.39. The second-order valence-corrected chi connectivity index (χ2v) is 5.39. The van der Waals surface area contributed by atoms with Crippen LogP contribution in [-0.2, 0) is 13.6 Å². The van der Waals surface area contributed by atoms with Crippen LogP contribution in [0.3, 0.4) is 0 Å². The number of fused-ring (bicyclic) bond motifs is 1. The number of nitrogen functional groups attached to an aromatic ring is 1. The van der Waals surface area contributed by atoms with Crippen molar-refractivity contribution in [2.45, 2.75) is 6.54 Å². The van der Waals surface area contributed by atoms with Crippen LogP contribution in [0.1, 0.15) is 5.56 Å². The number of hydrogen-bond donors (Lipinski definition) is 2. The molecule has 7 heteroatoms. The Bertz CT molecular complexity index is 790. The van der Waals surface area contributed by atoms with Crippen molar-refractivity contribution in [3.8, 4) is 0 Å². The van der Waals surface area contributed by atoms with Crippen molar-refractivity contribution in [3.63, 3.8) is 0 Å². The molecule has 0 fully saturated rings. The molecule has 3 N–H and O–H groups in total. The van der Waals surface area contributed by atoms with Gasteiger partial charge >= 0.3 is 0 Å². The molecule has 0 radical (unpaired) electrons. The molecule has 2 aromatic heterocycles. The topological polar surface area (TPSA) is 84.9 Å². The Balaban J connectivity index is 1.93. The summed E-state index contributed by atoms with van der Waals surface area (Å²) in [4.78, 5) is 15.3. The summed E-state index contributed by atoms with van der Waals surface area (Å²) in [6, 6.07) is 7.76. The Hall–Kier alpha value is -2.83. The summed E-state index contributed by atoms with van der Waals surface area (Å²) in [5, 5.41) is 3.34. The lowest BCUT2D eigenvalue weighted by Gasteiger charge is -2.13. The summed E-state index contributed by atoms with van der Waals surface area (Å²) in [7, 11) is 5.76. The normalized spacial score (nSPS) is 10.9. The second kappa shape index (κ2) is 5.51. The van der Waals surface area contributed by atoms with Gasteiger partial charge in [-0.05, 0) is 17.7 Å². The van der Waals surface area contributed by atoms with Gasteiger partial charge < -0.3 is 20.5 Å². The summed E-state index contributed by atoms with van der Waals surface area (Å²) in [6.45, 7) is 0.649. The lowest BCUT2D eigenvalue weighted by atomic mass is 10.2. The minimum absolute atomic E-state index is 0.649. The number of hydrogen-bond acceptors (Lipinski definition) is 6. The largest absolute Gasteiger partial charge is 0.399 e. The second-order valence-electron chi connectivity index (χ2n) is 5.39. The van der Waals surface area contributed by atoms with Crippen LogP contribution in [0, 0.1) is 0 Å². The molecule has 3 aromatic rings. The van der Waals surface area contributed by atoms with E-state index in [1.807, 2.05) is 54.9 Å². The molecule has 0 saturated carbocycles. The monoisotopic (exact) mass is 297 g/mol. The number of imidazole rings is 1. The first-order chi connectivity index (χ1) is 10.5. The fourth-order valence-corrected chi connectivity index (χ4v) is 2.14. The van der Waals surface area contributed by atoms with E-state index in [2.05, 4.69) is 20.3 Å². The molecule has 0 aliphatic rings. The van der Waals surface area contributed by atoms with Gasteiger partial charge in [0.2, 0.25) is 5.95 Å². The average Bonchev–Trinajstić information content (AvgIpc) is 2.88. The predicted octanol–water partition coefficient (Wildman–Crippen LogP) is 1.62. The van der Waals surface area contributed by atoms with Crippen LogP contribution < -0.4 is 16.0 Å². The van der Waals surface area contributed by atoms with E-state index in [4.69, 9.17) is 5.73 Å². The van der Waals surface area contributed by atoms with Gasteiger partial charge in [-0.1, -0.05) is 12.1 Å². The summed E-state index contributed by atoms with van der Waals surface area (Å²) < 4.78 is 1.89. The van der Waals surface area contributed by atoms with E-state index in [1.54, 1.807) is 6.33 Å². The first kappa shape index (κ1) is 14.1. The van der Waals surface area contributed by atoms with Crippen molar-refractivity contribution < 1.29 is 0 Å². The predicted molar refractivity (Wildman–Crippen MR) is 88.8 cm³/mol. The molecule has 3 rings (SSSR count). The molecule has 0 unspecified atom stereocenters. The van der Waals surface area contributed by atoms with Crippen molar-refractivity contribution in [3.05, 3.63) is 36.2 Å². The van der Waals surface area contributed by atoms with Crippen molar-refractivity contribution in [2.75, 3.05) is 30.0 Å². The number of benzene rings is 1. The zero-order chi connectivity index (χ0) is 15.7. The number of nitrogens with one attached hydrogen (secondary N) is 1. The zero-order valence-corrected chi connectivity index (χ0v) is 12.9. The standard InChI is InChI=1S/C15H19N7/c1-21(2)15-19-13(12-14(20-15)22(3)9-18-12)17-8-10-4-6-11(16)7-5-10/h4-7,9H,8,16H2,1-3H3,(H,17,19,20). The van der Waals surface area contributed by atoms with Crippen LogP contribution in [0.5, 0.6) is 0 Å². The molecular weight excluding hydrogens is 278 g/mol. The molecule has 114 valence electrons. The highest BCUT2D eigenvalue weighted by Crippen LogP contribution is 2.21. The maximum absolute atomic E-state index is 5.70. The molecule has 0 aliphatic heterocycles. The first-order valence-corrected chi connectivity index (χ1v) is 6.99. The minimum Gasteiger partial charge on any atom is -0.399 e. The van der Waals surface area contributed by atoms with Gasteiger partial charge in [-0.2, -0.15) is 9.97 Å². The van der Waals surface area contributed by atoms with Crippen LogP contribution in [0.15, 0.2) is 30.6 Å². The Morgan fingerprint density at radius 2 is 1.91 bits per heavy atom. The number of anilines is 3. The number of rotatable bonds is 4. The molecule has 0 bridgehead atoms. The Morgan fingerprint density at radius 1 is 1.18 bits per heavy atom. The molecule has 0 aliphatic carbocycles. The van der Waals surface area contributed by atoms with Gasteiger partial charge in [-0.15, -0.1) is 0 Å². The van der Waals surface area contributed by atoms with Crippen LogP contribution in [0.2, 0.25) is 0 Å². The smallest absolute Gasteiger partial charge is 0.228 e. The van der Waals surface area contributed by atoms with E-state index in [1.165, 1.54) is 0 Å². The molecule has 22 heavy (non-hydrogen) atoms. The fourth-order valence-electron chi connectivity index (χ4n) is 2.14. The lowest BCUT2D eigenvalue weighted by Crippen LogP contribution is -2.14. The zero-order valence-electron chi connectivity index (χ0n) is 12.9. The Kier molecular flexibility index (Phi) is 3.54. The van der Waals surface area contributed by atoms with Gasteiger partial charge in [0.15, 0.2) is 17.0 Å². The highest BCUT2D eigenvalue weighted by atomic mass is 15.3. The number of aryl methyl sites for hydroxylation is 1. The average molecular weight is 297 g/mol. The molecule has 0 spiro atoms. The SMILES string of the molecule is CN(C)c1nc(NCc2ccc(N)cc2)c2ncn(C)c2n1. The molecule has 0 saturated heterocycles. The Labute approximate surface area is 128 Å². The van der Waals surface area contributed by atoms with Gasteiger partial charge in [0.25, 0.3) is 0 Å². The van der Waals surface area contributed by atoms with Gasteiger partial charge in [0.1, 0.15) is 0 Å². The van der Waals surface area contributed by atoms with Crippen molar-refractivity contribution in [1.82, 2.24) is 19.5 Å². The molecule has 0 amide bonds. The van der Waals surface area contributed by atoms with E-state index in [0.29, 0.717) is 12.5 Å². The van der Waals surface area contributed by atoms with Crippen molar-refractivity contribution >= 4 is 28.6 Å². The Morgan fingerprint density at radius 3 is 2.59 bits per heavy atom. The van der Waals surface area contributed by atoms with Crippen LogP contribution >= 0.6 is 0 Å². The summed E-state index contributed by atoms with van der Waals surface area (Å²) in [6.07, 6.45) is 1.74. The fraction of sp³-hybridized carbons (Fsp3) is 0.267. The number of aromatic nitrogens is 4. The van der Waals surface area contributed by atoms with Gasteiger partial charge in [-0.3, -0.25) is 0 Å². The van der Waals surface area contributed by atoms with Crippen LogP contribution in [0.25, 0.3) is 11.2 Å². The molecule has 1 aromatic carbocycles. The number of nitrogens with two attached hydrogens (primary N) is 1. The third kappa shape index (κ3) is 2.65. The maximum atomic E-state index is 5.70. The maximum Gasteiger partial charge on any atom is 0.228 e. The van der Waals surface area contributed by atoms with Gasteiger partial charge in [0, 0.05) is 33.4 Å². The van der Waals surface area contributed by atoms with E-state index < -0.39 is 0 Å². The van der Waals surface area contributed by atoms with Crippen LogP contribution in [0.4, 0.5) is 17.5 Å². The molecule has 7 nitrogen and oxygen atoms in total. The van der Waals surface area contributed by atoms with Gasteiger partial charge in [0.05, 0.1) is 6.33 Å². The van der Waals surface area contributed by atoms with Gasteiger partial charge in [-0.25, -0.2) is 4.98 Å². The third-order valence-electron chi connectivity index (χ3n) is 3.39. The van der Waals surface area contributed by atoms with E-state index in [9.17, 15) is 0 Å². The number of nitrogens with zero attached hydrogens (tertiary/aromatic N) is 5. The van der Waals surface area contributed by atoms with Crippen molar-refractivity contribution in [2.24, 2.45) is 7.05 Å². The van der Waals surface area contributed by atoms with Crippen molar-refractivity contribution in [1.29, 1.82) is 0 Å². The highest BCUT2D eigenvalue weighted by molar-refractivity contribution is 5.84. The van der Waals surface area contributed by atoms with E-state index >= 15 is 0 Å². The minimum atomic E-state index is 0.649. The molecule has 2 heterocycles. The van der Waals surface area contributed by atoms with E-state index in [0.717, 1.165) is 28.2 Å². The quantitative estimate of drug-likeness (QED) is 0.712. The van der Waals surface area contributed by atoms with Crippen LogP contribution in [-0.4, -0.2) is 33.6 Å². The summed E-state index contributed by atoms with van der Waals surface area (Å²) in [5.41, 5.74) is 9.16. The summed E-state index contributed by atoms with van der Waals surface area (Å²) in [5.74, 6) is 1.38.